The SMILES string of the molecule is C1=CC2CN2c2nccnc2N=C1. The van der Waals surface area contributed by atoms with E-state index in [9.17, 15) is 0 Å². The van der Waals surface area contributed by atoms with Gasteiger partial charge in [-0.05, 0) is 6.08 Å². The molecule has 0 bridgehead atoms. The Balaban J connectivity index is 2.15. The van der Waals surface area contributed by atoms with Gasteiger partial charge in [0.1, 0.15) is 0 Å². The molecule has 1 atom stereocenters. The molecule has 0 amide bonds. The van der Waals surface area contributed by atoms with Crippen LogP contribution < -0.4 is 4.90 Å². The molecule has 1 aromatic heterocycles. The average molecular weight is 172 g/mol. The zero-order valence-electron chi connectivity index (χ0n) is 6.96. The van der Waals surface area contributed by atoms with E-state index in [0.29, 0.717) is 11.9 Å². The Labute approximate surface area is 75.6 Å². The molecule has 4 nitrogen and oxygen atoms in total. The fourth-order valence-corrected chi connectivity index (χ4v) is 1.47. The number of aliphatic imine (C=N–C) groups is 1. The Hall–Kier alpha value is -1.71. The summed E-state index contributed by atoms with van der Waals surface area (Å²) in [5.41, 5.74) is 0. The largest absolute Gasteiger partial charge is 0.343 e. The number of hydrogen-bond acceptors (Lipinski definition) is 4. The van der Waals surface area contributed by atoms with Gasteiger partial charge in [0.05, 0.1) is 6.04 Å². The van der Waals surface area contributed by atoms with Crippen LogP contribution in [0.1, 0.15) is 0 Å². The summed E-state index contributed by atoms with van der Waals surface area (Å²) in [6, 6.07) is 0.502. The molecule has 1 fully saturated rings. The summed E-state index contributed by atoms with van der Waals surface area (Å²) in [6.45, 7) is 1.03. The van der Waals surface area contributed by atoms with Gasteiger partial charge in [-0.25, -0.2) is 15.0 Å². The topological polar surface area (TPSA) is 41.1 Å². The highest BCUT2D eigenvalue weighted by molar-refractivity contribution is 5.79. The predicted octanol–water partition coefficient (Wildman–Crippen LogP) is 0.937. The molecule has 1 aromatic rings. The molecule has 0 radical (unpaired) electrons. The zero-order valence-corrected chi connectivity index (χ0v) is 6.96. The van der Waals surface area contributed by atoms with E-state index in [4.69, 9.17) is 0 Å². The summed E-state index contributed by atoms with van der Waals surface area (Å²) < 4.78 is 0. The number of anilines is 1. The maximum atomic E-state index is 4.26. The quantitative estimate of drug-likeness (QED) is 0.547. The minimum atomic E-state index is 0.502. The maximum Gasteiger partial charge on any atom is 0.195 e. The minimum absolute atomic E-state index is 0.502. The molecule has 1 unspecified atom stereocenters. The van der Waals surface area contributed by atoms with E-state index >= 15 is 0 Å². The second kappa shape index (κ2) is 2.39. The van der Waals surface area contributed by atoms with Crippen molar-refractivity contribution >= 4 is 17.9 Å². The fraction of sp³-hybridized carbons (Fsp3) is 0.222. The number of hydrogen-bond donors (Lipinski definition) is 0. The Morgan fingerprint density at radius 2 is 2.23 bits per heavy atom. The van der Waals surface area contributed by atoms with Gasteiger partial charge in [0, 0.05) is 25.2 Å². The molecule has 0 saturated carbocycles. The van der Waals surface area contributed by atoms with Crippen LogP contribution in [0.4, 0.5) is 11.6 Å². The van der Waals surface area contributed by atoms with Crippen LogP contribution in [0.2, 0.25) is 0 Å². The molecule has 3 heterocycles. The third-order valence-corrected chi connectivity index (χ3v) is 2.20. The van der Waals surface area contributed by atoms with Gasteiger partial charge in [-0.15, -0.1) is 0 Å². The molecule has 2 aliphatic rings. The van der Waals surface area contributed by atoms with Crippen molar-refractivity contribution in [3.05, 3.63) is 24.5 Å². The number of fused-ring (bicyclic) bond motifs is 3. The van der Waals surface area contributed by atoms with Crippen molar-refractivity contribution in [2.24, 2.45) is 4.99 Å². The van der Waals surface area contributed by atoms with Crippen LogP contribution in [0, 0.1) is 0 Å². The third kappa shape index (κ3) is 1.02. The molecule has 0 spiro atoms. The smallest absolute Gasteiger partial charge is 0.195 e. The number of nitrogens with zero attached hydrogens (tertiary/aromatic N) is 4. The van der Waals surface area contributed by atoms with Crippen molar-refractivity contribution in [1.29, 1.82) is 0 Å². The number of rotatable bonds is 0. The van der Waals surface area contributed by atoms with Crippen LogP contribution >= 0.6 is 0 Å². The van der Waals surface area contributed by atoms with Gasteiger partial charge in [-0.2, -0.15) is 0 Å². The lowest BCUT2D eigenvalue weighted by Gasteiger charge is -2.05. The Morgan fingerprint density at radius 1 is 1.31 bits per heavy atom. The van der Waals surface area contributed by atoms with Crippen LogP contribution in [0.3, 0.4) is 0 Å². The van der Waals surface area contributed by atoms with Gasteiger partial charge < -0.3 is 4.90 Å². The fourth-order valence-electron chi connectivity index (χ4n) is 1.47. The normalized spacial score (nSPS) is 23.1. The van der Waals surface area contributed by atoms with E-state index in [0.717, 1.165) is 12.4 Å². The van der Waals surface area contributed by atoms with Crippen LogP contribution in [0.25, 0.3) is 0 Å². The van der Waals surface area contributed by atoms with Crippen LogP contribution in [-0.4, -0.2) is 28.8 Å². The monoisotopic (exact) mass is 172 g/mol. The first-order valence-corrected chi connectivity index (χ1v) is 4.24. The molecule has 1 saturated heterocycles. The number of allylic oxidation sites excluding steroid dienone is 1. The Kier molecular flexibility index (Phi) is 1.24. The van der Waals surface area contributed by atoms with Crippen molar-refractivity contribution in [3.63, 3.8) is 0 Å². The second-order valence-electron chi connectivity index (χ2n) is 3.09. The highest BCUT2D eigenvalue weighted by atomic mass is 15.4. The standard InChI is InChI=1S/C9H8N4/c1-2-7-6-13(7)9-8(10-3-1)11-4-5-12-9/h1-5,7H,6H2. The van der Waals surface area contributed by atoms with E-state index in [1.54, 1.807) is 18.6 Å². The van der Waals surface area contributed by atoms with Crippen molar-refractivity contribution < 1.29 is 0 Å². The molecular weight excluding hydrogens is 164 g/mol. The van der Waals surface area contributed by atoms with Crippen molar-refractivity contribution in [1.82, 2.24) is 9.97 Å². The summed E-state index contributed by atoms with van der Waals surface area (Å²) in [7, 11) is 0. The maximum absolute atomic E-state index is 4.26. The summed E-state index contributed by atoms with van der Waals surface area (Å²) in [4.78, 5) is 14.8. The van der Waals surface area contributed by atoms with Gasteiger partial charge in [0.25, 0.3) is 0 Å². The van der Waals surface area contributed by atoms with Crippen LogP contribution in [-0.2, 0) is 0 Å². The Morgan fingerprint density at radius 3 is 3.23 bits per heavy atom. The lowest BCUT2D eigenvalue weighted by atomic mass is 10.4. The van der Waals surface area contributed by atoms with E-state index in [1.807, 2.05) is 6.08 Å². The summed E-state index contributed by atoms with van der Waals surface area (Å²) in [5.74, 6) is 1.61. The van der Waals surface area contributed by atoms with Crippen LogP contribution in [0.15, 0.2) is 29.5 Å². The van der Waals surface area contributed by atoms with Crippen molar-refractivity contribution in [2.45, 2.75) is 6.04 Å². The molecule has 4 heteroatoms. The van der Waals surface area contributed by atoms with Gasteiger partial charge >= 0.3 is 0 Å². The highest BCUT2D eigenvalue weighted by Crippen LogP contribution is 2.33. The van der Waals surface area contributed by atoms with Crippen molar-refractivity contribution in [2.75, 3.05) is 11.4 Å². The highest BCUT2D eigenvalue weighted by Gasteiger charge is 2.35. The van der Waals surface area contributed by atoms with E-state index in [1.165, 1.54) is 0 Å². The lowest BCUT2D eigenvalue weighted by molar-refractivity contribution is 1.11. The summed E-state index contributed by atoms with van der Waals surface area (Å²) >= 11 is 0. The first-order valence-electron chi connectivity index (χ1n) is 4.24. The summed E-state index contributed by atoms with van der Waals surface area (Å²) in [6.07, 6.45) is 9.22. The molecule has 13 heavy (non-hydrogen) atoms. The molecular formula is C9H8N4. The van der Waals surface area contributed by atoms with Gasteiger partial charge in [0.15, 0.2) is 11.6 Å². The van der Waals surface area contributed by atoms with Gasteiger partial charge in [0.2, 0.25) is 0 Å². The predicted molar refractivity (Wildman–Crippen MR) is 50.5 cm³/mol. The third-order valence-electron chi connectivity index (χ3n) is 2.20. The lowest BCUT2D eigenvalue weighted by Crippen LogP contribution is -2.01. The zero-order chi connectivity index (χ0) is 8.67. The summed E-state index contributed by atoms with van der Waals surface area (Å²) in [5, 5.41) is 0. The van der Waals surface area contributed by atoms with E-state index < -0.39 is 0 Å². The molecule has 64 valence electrons. The van der Waals surface area contributed by atoms with Gasteiger partial charge in [-0.1, -0.05) is 6.08 Å². The van der Waals surface area contributed by atoms with Crippen LogP contribution in [0.5, 0.6) is 0 Å². The average Bonchev–Trinajstić information content (AvgIpc) is 2.88. The van der Waals surface area contributed by atoms with E-state index in [2.05, 4.69) is 25.9 Å². The first kappa shape index (κ1) is 6.77. The second-order valence-corrected chi connectivity index (χ2v) is 3.09. The first-order chi connectivity index (χ1) is 6.45. The van der Waals surface area contributed by atoms with E-state index in [-0.39, 0.29) is 0 Å². The number of aromatic nitrogens is 2. The minimum Gasteiger partial charge on any atom is -0.343 e. The Bertz CT molecular complexity index is 396. The molecule has 2 aliphatic heterocycles. The molecule has 0 aliphatic carbocycles. The molecule has 0 aromatic carbocycles. The molecule has 0 N–H and O–H groups in total. The molecule has 3 rings (SSSR count). The van der Waals surface area contributed by atoms with Gasteiger partial charge in [-0.3, -0.25) is 0 Å². The van der Waals surface area contributed by atoms with Crippen molar-refractivity contribution in [3.8, 4) is 0 Å².